The molecule has 158 valence electrons. The van der Waals surface area contributed by atoms with Crippen LogP contribution in [0.3, 0.4) is 0 Å². The topological polar surface area (TPSA) is 88.2 Å². The Balaban J connectivity index is 1.64. The standard InChI is InChI=1S/C21H23N3O3S3/c1-28-13-11-18(24-30(26,27)14-12-16-7-3-2-4-8-16)21(25)22-15-20-23-17-9-5-6-10-19(17)29-20/h2-10,12,14,18,24H,11,13,15H2,1H3,(H,22,25)/b14-12+. The number of benzene rings is 2. The Kier molecular flexibility index (Phi) is 8.03. The number of rotatable bonds is 10. The molecule has 9 heteroatoms. The Labute approximate surface area is 184 Å². The molecule has 0 saturated heterocycles. The van der Waals surface area contributed by atoms with Crippen molar-refractivity contribution in [3.05, 3.63) is 70.6 Å². The zero-order chi connectivity index (χ0) is 21.4. The number of nitrogens with zero attached hydrogens (tertiary/aromatic N) is 1. The number of hydrogen-bond acceptors (Lipinski definition) is 6. The van der Waals surface area contributed by atoms with E-state index in [1.54, 1.807) is 11.8 Å². The summed E-state index contributed by atoms with van der Waals surface area (Å²) < 4.78 is 28.5. The molecule has 1 atom stereocenters. The average Bonchev–Trinajstić information content (AvgIpc) is 3.17. The fraction of sp³-hybridized carbons (Fsp3) is 0.238. The molecule has 1 aromatic heterocycles. The van der Waals surface area contributed by atoms with Crippen LogP contribution >= 0.6 is 23.1 Å². The van der Waals surface area contributed by atoms with Crippen LogP contribution < -0.4 is 10.0 Å². The second-order valence-corrected chi connectivity index (χ2v) is 10.2. The fourth-order valence-electron chi connectivity index (χ4n) is 2.73. The summed E-state index contributed by atoms with van der Waals surface area (Å²) in [6, 6.07) is 16.0. The monoisotopic (exact) mass is 461 g/mol. The maximum atomic E-state index is 12.7. The lowest BCUT2D eigenvalue weighted by atomic mass is 10.2. The number of amides is 1. The third kappa shape index (κ3) is 6.66. The number of hydrogen-bond donors (Lipinski definition) is 2. The smallest absolute Gasteiger partial charge is 0.238 e. The van der Waals surface area contributed by atoms with Crippen LogP contribution in [0.1, 0.15) is 17.0 Å². The van der Waals surface area contributed by atoms with E-state index in [1.165, 1.54) is 17.4 Å². The SMILES string of the molecule is CSCCC(NS(=O)(=O)/C=C/c1ccccc1)C(=O)NCc1nc2ccccc2s1. The van der Waals surface area contributed by atoms with E-state index in [2.05, 4.69) is 15.0 Å². The second kappa shape index (κ2) is 10.7. The molecule has 0 spiro atoms. The molecule has 0 saturated carbocycles. The van der Waals surface area contributed by atoms with Gasteiger partial charge in [0.25, 0.3) is 0 Å². The quantitative estimate of drug-likeness (QED) is 0.481. The lowest BCUT2D eigenvalue weighted by Gasteiger charge is -2.16. The third-order valence-electron chi connectivity index (χ3n) is 4.22. The van der Waals surface area contributed by atoms with Crippen molar-refractivity contribution >= 4 is 55.3 Å². The van der Waals surface area contributed by atoms with E-state index >= 15 is 0 Å². The molecule has 2 aromatic carbocycles. The van der Waals surface area contributed by atoms with Crippen LogP contribution in [0.25, 0.3) is 16.3 Å². The Morgan fingerprint density at radius 2 is 1.90 bits per heavy atom. The number of thioether (sulfide) groups is 1. The average molecular weight is 462 g/mol. The van der Waals surface area contributed by atoms with Gasteiger partial charge in [0, 0.05) is 5.41 Å². The maximum Gasteiger partial charge on any atom is 0.238 e. The van der Waals surface area contributed by atoms with Gasteiger partial charge >= 0.3 is 0 Å². The van der Waals surface area contributed by atoms with E-state index in [0.717, 1.165) is 26.2 Å². The molecule has 1 heterocycles. The summed E-state index contributed by atoms with van der Waals surface area (Å²) in [5, 5.41) is 4.68. The normalized spacial score (nSPS) is 13.0. The van der Waals surface area contributed by atoms with Crippen molar-refractivity contribution in [3.8, 4) is 0 Å². The van der Waals surface area contributed by atoms with E-state index in [1.807, 2.05) is 60.9 Å². The molecule has 1 amide bonds. The Morgan fingerprint density at radius 3 is 2.63 bits per heavy atom. The minimum atomic E-state index is -3.77. The summed E-state index contributed by atoms with van der Waals surface area (Å²) in [6.07, 6.45) is 3.82. The molecule has 0 bridgehead atoms. The number of aromatic nitrogens is 1. The fourth-order valence-corrected chi connectivity index (χ4v) is 5.15. The van der Waals surface area contributed by atoms with E-state index in [0.29, 0.717) is 12.2 Å². The highest BCUT2D eigenvalue weighted by Crippen LogP contribution is 2.21. The van der Waals surface area contributed by atoms with Crippen molar-refractivity contribution in [3.63, 3.8) is 0 Å². The van der Waals surface area contributed by atoms with Crippen molar-refractivity contribution < 1.29 is 13.2 Å². The molecule has 0 aliphatic heterocycles. The molecule has 3 rings (SSSR count). The van der Waals surface area contributed by atoms with E-state index in [9.17, 15) is 13.2 Å². The molecule has 3 aromatic rings. The molecule has 2 N–H and O–H groups in total. The second-order valence-electron chi connectivity index (χ2n) is 6.50. The van der Waals surface area contributed by atoms with Crippen LogP contribution in [0.4, 0.5) is 0 Å². The summed E-state index contributed by atoms with van der Waals surface area (Å²) in [7, 11) is -3.77. The predicted molar refractivity (Wildman–Crippen MR) is 126 cm³/mol. The van der Waals surface area contributed by atoms with Crippen LogP contribution in [0.5, 0.6) is 0 Å². The number of para-hydroxylation sites is 1. The lowest BCUT2D eigenvalue weighted by Crippen LogP contribution is -2.46. The van der Waals surface area contributed by atoms with Crippen LogP contribution in [-0.4, -0.2) is 37.4 Å². The van der Waals surface area contributed by atoms with Crippen molar-refractivity contribution in [1.29, 1.82) is 0 Å². The number of thiazole rings is 1. The predicted octanol–water partition coefficient (Wildman–Crippen LogP) is 3.62. The number of sulfonamides is 1. The van der Waals surface area contributed by atoms with Gasteiger partial charge in [-0.1, -0.05) is 42.5 Å². The minimum Gasteiger partial charge on any atom is -0.348 e. The summed E-state index contributed by atoms with van der Waals surface area (Å²) in [5.41, 5.74) is 1.65. The highest BCUT2D eigenvalue weighted by atomic mass is 32.2. The first kappa shape index (κ1) is 22.5. The van der Waals surface area contributed by atoms with Crippen LogP contribution in [0.15, 0.2) is 60.0 Å². The largest absolute Gasteiger partial charge is 0.348 e. The molecule has 0 radical (unpaired) electrons. The number of fused-ring (bicyclic) bond motifs is 1. The Hall–Kier alpha value is -2.20. The van der Waals surface area contributed by atoms with E-state index in [-0.39, 0.29) is 12.5 Å². The number of nitrogens with one attached hydrogen (secondary N) is 2. The van der Waals surface area contributed by atoms with Gasteiger partial charge in [-0.3, -0.25) is 4.79 Å². The zero-order valence-electron chi connectivity index (χ0n) is 16.4. The van der Waals surface area contributed by atoms with Gasteiger partial charge in [0.2, 0.25) is 15.9 Å². The first-order chi connectivity index (χ1) is 14.5. The molecule has 0 aliphatic carbocycles. The minimum absolute atomic E-state index is 0.259. The molecule has 6 nitrogen and oxygen atoms in total. The first-order valence-corrected chi connectivity index (χ1v) is 13.1. The number of carbonyl (C=O) groups is 1. The molecular weight excluding hydrogens is 438 g/mol. The zero-order valence-corrected chi connectivity index (χ0v) is 18.9. The van der Waals surface area contributed by atoms with Gasteiger partial charge in [-0.2, -0.15) is 16.5 Å². The van der Waals surface area contributed by atoms with Crippen molar-refractivity contribution in [2.75, 3.05) is 12.0 Å². The van der Waals surface area contributed by atoms with Gasteiger partial charge in [0.15, 0.2) is 0 Å². The highest BCUT2D eigenvalue weighted by molar-refractivity contribution is 7.98. The summed E-state index contributed by atoms with van der Waals surface area (Å²) in [5.74, 6) is 0.296. The maximum absolute atomic E-state index is 12.7. The van der Waals surface area contributed by atoms with Crippen LogP contribution in [0, 0.1) is 0 Å². The van der Waals surface area contributed by atoms with Gasteiger partial charge in [-0.05, 0) is 42.2 Å². The van der Waals surface area contributed by atoms with Gasteiger partial charge in [0.05, 0.1) is 16.8 Å². The van der Waals surface area contributed by atoms with E-state index < -0.39 is 16.1 Å². The van der Waals surface area contributed by atoms with Gasteiger partial charge < -0.3 is 5.32 Å². The number of carbonyl (C=O) groups excluding carboxylic acids is 1. The summed E-state index contributed by atoms with van der Waals surface area (Å²) in [6.45, 7) is 0.259. The van der Waals surface area contributed by atoms with Gasteiger partial charge in [-0.25, -0.2) is 13.4 Å². The van der Waals surface area contributed by atoms with Crippen molar-refractivity contribution in [1.82, 2.24) is 15.0 Å². The molecule has 0 fully saturated rings. The third-order valence-corrected chi connectivity index (χ3v) is 7.01. The lowest BCUT2D eigenvalue weighted by molar-refractivity contribution is -0.122. The highest BCUT2D eigenvalue weighted by Gasteiger charge is 2.23. The van der Waals surface area contributed by atoms with Crippen LogP contribution in [-0.2, 0) is 21.4 Å². The molecular formula is C21H23N3O3S3. The summed E-state index contributed by atoms with van der Waals surface area (Å²) in [4.78, 5) is 17.2. The Bertz CT molecular complexity index is 1080. The molecule has 30 heavy (non-hydrogen) atoms. The van der Waals surface area contributed by atoms with Gasteiger partial charge in [-0.15, -0.1) is 11.3 Å². The first-order valence-electron chi connectivity index (χ1n) is 9.33. The summed E-state index contributed by atoms with van der Waals surface area (Å²) >= 11 is 3.07. The van der Waals surface area contributed by atoms with Crippen LogP contribution in [0.2, 0.25) is 0 Å². The Morgan fingerprint density at radius 1 is 1.17 bits per heavy atom. The van der Waals surface area contributed by atoms with E-state index in [4.69, 9.17) is 0 Å². The van der Waals surface area contributed by atoms with Crippen molar-refractivity contribution in [2.24, 2.45) is 0 Å². The van der Waals surface area contributed by atoms with Gasteiger partial charge in [0.1, 0.15) is 11.0 Å². The molecule has 0 aliphatic rings. The molecule has 1 unspecified atom stereocenters. The van der Waals surface area contributed by atoms with Crippen molar-refractivity contribution in [2.45, 2.75) is 19.0 Å².